The first-order valence-corrected chi connectivity index (χ1v) is 4.24. The summed E-state index contributed by atoms with van der Waals surface area (Å²) in [7, 11) is 0. The van der Waals surface area contributed by atoms with E-state index in [4.69, 9.17) is 4.74 Å². The number of rotatable bonds is 3. The average Bonchev–Trinajstić information content (AvgIpc) is 2.46. The Labute approximate surface area is 81.3 Å². The van der Waals surface area contributed by atoms with Gasteiger partial charge in [0.05, 0.1) is 0 Å². The molecule has 0 N–H and O–H groups in total. The van der Waals surface area contributed by atoms with Gasteiger partial charge >= 0.3 is 5.97 Å². The number of imide groups is 1. The number of nitrogens with zero attached hydrogens (tertiary/aromatic N) is 1. The summed E-state index contributed by atoms with van der Waals surface area (Å²) in [6.07, 6.45) is 0.522. The summed E-state index contributed by atoms with van der Waals surface area (Å²) in [5.74, 6) is -1.26. The monoisotopic (exact) mass is 197 g/mol. The number of likely N-dealkylation sites (tertiary alicyclic amines) is 1. The quantitative estimate of drug-likeness (QED) is 0.368. The van der Waals surface area contributed by atoms with E-state index in [1.807, 2.05) is 0 Å². The Bertz CT molecular complexity index is 281. The second-order valence-electron chi connectivity index (χ2n) is 2.90. The zero-order chi connectivity index (χ0) is 10.7. The summed E-state index contributed by atoms with van der Waals surface area (Å²) < 4.78 is 4.75. The second-order valence-corrected chi connectivity index (χ2v) is 2.90. The second kappa shape index (κ2) is 4.04. The van der Waals surface area contributed by atoms with Crippen molar-refractivity contribution in [2.45, 2.75) is 26.0 Å². The van der Waals surface area contributed by atoms with Crippen LogP contribution in [0.1, 0.15) is 19.8 Å². The third-order valence-corrected chi connectivity index (χ3v) is 1.91. The number of hydrogen-bond acceptors (Lipinski definition) is 4. The number of amides is 2. The van der Waals surface area contributed by atoms with Gasteiger partial charge in [-0.15, -0.1) is 0 Å². The highest BCUT2D eigenvalue weighted by atomic mass is 16.6. The maximum Gasteiger partial charge on any atom is 0.332 e. The van der Waals surface area contributed by atoms with Gasteiger partial charge in [-0.2, -0.15) is 0 Å². The van der Waals surface area contributed by atoms with Crippen molar-refractivity contribution >= 4 is 17.8 Å². The first-order valence-electron chi connectivity index (χ1n) is 4.24. The number of esters is 1. The van der Waals surface area contributed by atoms with Crippen molar-refractivity contribution < 1.29 is 19.1 Å². The van der Waals surface area contributed by atoms with Crippen molar-refractivity contribution in [2.24, 2.45) is 0 Å². The molecule has 0 aromatic heterocycles. The van der Waals surface area contributed by atoms with Crippen LogP contribution in [0.2, 0.25) is 0 Å². The Kier molecular flexibility index (Phi) is 3.01. The van der Waals surface area contributed by atoms with Gasteiger partial charge < -0.3 is 4.74 Å². The number of ether oxygens (including phenoxy) is 1. The molecule has 0 bridgehead atoms. The van der Waals surface area contributed by atoms with Crippen LogP contribution in [0.4, 0.5) is 0 Å². The molecule has 1 saturated heterocycles. The van der Waals surface area contributed by atoms with Gasteiger partial charge in [-0.1, -0.05) is 6.58 Å². The molecular weight excluding hydrogens is 186 g/mol. The van der Waals surface area contributed by atoms with Crippen molar-refractivity contribution in [1.29, 1.82) is 0 Å². The van der Waals surface area contributed by atoms with E-state index in [1.165, 1.54) is 6.92 Å². The van der Waals surface area contributed by atoms with Crippen molar-refractivity contribution in [3.05, 3.63) is 12.7 Å². The van der Waals surface area contributed by atoms with Crippen molar-refractivity contribution in [3.63, 3.8) is 0 Å². The molecule has 0 aromatic rings. The molecule has 1 fully saturated rings. The van der Waals surface area contributed by atoms with Gasteiger partial charge in [0.15, 0.2) is 6.23 Å². The molecule has 0 aliphatic carbocycles. The smallest absolute Gasteiger partial charge is 0.332 e. The fraction of sp³-hybridized carbons (Fsp3) is 0.444. The van der Waals surface area contributed by atoms with Gasteiger partial charge in [-0.05, 0) is 6.92 Å². The Morgan fingerprint density at radius 3 is 2.43 bits per heavy atom. The molecule has 5 heteroatoms. The maximum absolute atomic E-state index is 11.2. The minimum atomic E-state index is -0.844. The van der Waals surface area contributed by atoms with Crippen LogP contribution in [0.5, 0.6) is 0 Å². The van der Waals surface area contributed by atoms with E-state index in [0.717, 1.165) is 11.0 Å². The summed E-state index contributed by atoms with van der Waals surface area (Å²) in [4.78, 5) is 34.1. The first kappa shape index (κ1) is 10.4. The summed E-state index contributed by atoms with van der Waals surface area (Å²) >= 11 is 0. The molecule has 1 rings (SSSR count). The lowest BCUT2D eigenvalue weighted by Gasteiger charge is -2.21. The molecule has 0 spiro atoms. The van der Waals surface area contributed by atoms with Crippen molar-refractivity contribution in [2.75, 3.05) is 0 Å². The minimum absolute atomic E-state index is 0.189. The molecule has 1 unspecified atom stereocenters. The van der Waals surface area contributed by atoms with Crippen LogP contribution in [-0.4, -0.2) is 28.9 Å². The Balaban J connectivity index is 2.63. The van der Waals surface area contributed by atoms with Gasteiger partial charge in [-0.3, -0.25) is 9.59 Å². The van der Waals surface area contributed by atoms with E-state index in [2.05, 4.69) is 6.58 Å². The molecule has 0 saturated carbocycles. The predicted molar refractivity (Wildman–Crippen MR) is 46.8 cm³/mol. The topological polar surface area (TPSA) is 63.7 Å². The molecular formula is C9H11NO4. The van der Waals surface area contributed by atoms with Gasteiger partial charge in [0.2, 0.25) is 11.8 Å². The number of hydrogen-bond donors (Lipinski definition) is 0. The summed E-state index contributed by atoms with van der Waals surface area (Å²) in [5.41, 5.74) is 0. The Morgan fingerprint density at radius 1 is 1.50 bits per heavy atom. The highest BCUT2D eigenvalue weighted by Gasteiger charge is 2.34. The third kappa shape index (κ3) is 1.99. The van der Waals surface area contributed by atoms with E-state index in [9.17, 15) is 14.4 Å². The van der Waals surface area contributed by atoms with Crippen LogP contribution in [0.15, 0.2) is 12.7 Å². The van der Waals surface area contributed by atoms with Gasteiger partial charge in [0.1, 0.15) is 0 Å². The minimum Gasteiger partial charge on any atom is -0.438 e. The number of carbonyl (C=O) groups excluding carboxylic acids is 3. The molecule has 1 aliphatic heterocycles. The molecule has 1 heterocycles. The van der Waals surface area contributed by atoms with Crippen LogP contribution in [0.3, 0.4) is 0 Å². The van der Waals surface area contributed by atoms with Crippen LogP contribution in [0, 0.1) is 0 Å². The zero-order valence-corrected chi connectivity index (χ0v) is 7.86. The van der Waals surface area contributed by atoms with E-state index >= 15 is 0 Å². The lowest BCUT2D eigenvalue weighted by atomic mass is 10.4. The van der Waals surface area contributed by atoms with E-state index < -0.39 is 12.2 Å². The average molecular weight is 197 g/mol. The molecule has 76 valence electrons. The van der Waals surface area contributed by atoms with Gasteiger partial charge in [0, 0.05) is 18.9 Å². The third-order valence-electron chi connectivity index (χ3n) is 1.91. The Morgan fingerprint density at radius 2 is 2.00 bits per heavy atom. The fourth-order valence-electron chi connectivity index (χ4n) is 1.27. The molecule has 5 nitrogen and oxygen atoms in total. The molecule has 0 aromatic carbocycles. The van der Waals surface area contributed by atoms with Crippen LogP contribution < -0.4 is 0 Å². The summed E-state index contributed by atoms with van der Waals surface area (Å²) in [5, 5.41) is 0. The summed E-state index contributed by atoms with van der Waals surface area (Å²) in [6.45, 7) is 4.69. The largest absolute Gasteiger partial charge is 0.438 e. The molecule has 1 aliphatic rings. The molecule has 0 radical (unpaired) electrons. The predicted octanol–water partition coefficient (Wildman–Crippen LogP) is 0.211. The maximum atomic E-state index is 11.2. The van der Waals surface area contributed by atoms with Crippen molar-refractivity contribution in [3.8, 4) is 0 Å². The van der Waals surface area contributed by atoms with Gasteiger partial charge in [-0.25, -0.2) is 9.69 Å². The lowest BCUT2D eigenvalue weighted by Crippen LogP contribution is -2.40. The molecule has 2 amide bonds. The SMILES string of the molecule is C=CC(=O)OC(C)N1C(=O)CCC1=O. The van der Waals surface area contributed by atoms with Crippen LogP contribution >= 0.6 is 0 Å². The zero-order valence-electron chi connectivity index (χ0n) is 7.86. The van der Waals surface area contributed by atoms with Crippen molar-refractivity contribution in [1.82, 2.24) is 4.90 Å². The lowest BCUT2D eigenvalue weighted by molar-refractivity contribution is -0.161. The highest BCUT2D eigenvalue weighted by Crippen LogP contribution is 2.15. The normalized spacial score (nSPS) is 18.2. The van der Waals surface area contributed by atoms with Crippen LogP contribution in [-0.2, 0) is 19.1 Å². The molecule has 1 atom stereocenters. The van der Waals surface area contributed by atoms with E-state index in [0.29, 0.717) is 0 Å². The van der Waals surface area contributed by atoms with E-state index in [-0.39, 0.29) is 24.7 Å². The van der Waals surface area contributed by atoms with Crippen LogP contribution in [0.25, 0.3) is 0 Å². The fourth-order valence-corrected chi connectivity index (χ4v) is 1.27. The molecule has 14 heavy (non-hydrogen) atoms. The number of carbonyl (C=O) groups is 3. The van der Waals surface area contributed by atoms with E-state index in [1.54, 1.807) is 0 Å². The summed E-state index contributed by atoms with van der Waals surface area (Å²) in [6, 6.07) is 0. The standard InChI is InChI=1S/C9H11NO4/c1-3-9(13)14-6(2)10-7(11)4-5-8(10)12/h3,6H,1,4-5H2,2H3. The van der Waals surface area contributed by atoms with Gasteiger partial charge in [0.25, 0.3) is 0 Å². The Hall–Kier alpha value is -1.65. The highest BCUT2D eigenvalue weighted by molar-refractivity contribution is 6.02. The first-order chi connectivity index (χ1) is 6.56.